The second kappa shape index (κ2) is 6.71. The Kier molecular flexibility index (Phi) is 5.82. The van der Waals surface area contributed by atoms with Gasteiger partial charge in [0.15, 0.2) is 0 Å². The second-order valence-electron chi connectivity index (χ2n) is 6.41. The van der Waals surface area contributed by atoms with Gasteiger partial charge in [0, 0.05) is 6.04 Å². The molecular weight excluding hydrogens is 261 g/mol. The van der Waals surface area contributed by atoms with Gasteiger partial charge < -0.3 is 5.32 Å². The first kappa shape index (κ1) is 16.5. The van der Waals surface area contributed by atoms with E-state index in [1.807, 2.05) is 13.1 Å². The van der Waals surface area contributed by atoms with Crippen molar-refractivity contribution in [2.24, 2.45) is 11.3 Å². The Morgan fingerprint density at radius 1 is 1.32 bits per heavy atom. The summed E-state index contributed by atoms with van der Waals surface area (Å²) in [7, 11) is 1.95. The zero-order valence-corrected chi connectivity index (χ0v) is 13.3. The van der Waals surface area contributed by atoms with Crippen molar-refractivity contribution in [2.45, 2.75) is 46.6 Å². The summed E-state index contributed by atoms with van der Waals surface area (Å²) in [6.07, 6.45) is 1.81. The highest BCUT2D eigenvalue weighted by atomic mass is 35.5. The first-order chi connectivity index (χ1) is 8.75. The molecule has 1 aromatic rings. The Morgan fingerprint density at radius 3 is 2.47 bits per heavy atom. The van der Waals surface area contributed by atoms with Crippen LogP contribution < -0.4 is 5.32 Å². The van der Waals surface area contributed by atoms with Crippen LogP contribution in [0.5, 0.6) is 0 Å². The van der Waals surface area contributed by atoms with Gasteiger partial charge in [0.2, 0.25) is 0 Å². The van der Waals surface area contributed by atoms with Gasteiger partial charge in [0.05, 0.1) is 5.02 Å². The van der Waals surface area contributed by atoms with E-state index < -0.39 is 0 Å². The summed E-state index contributed by atoms with van der Waals surface area (Å²) in [6, 6.07) is 5.33. The molecule has 0 bridgehead atoms. The third-order valence-corrected chi connectivity index (χ3v) is 4.45. The molecule has 1 aromatic carbocycles. The van der Waals surface area contributed by atoms with Gasteiger partial charge in [0.1, 0.15) is 5.82 Å². The highest BCUT2D eigenvalue weighted by Gasteiger charge is 2.23. The van der Waals surface area contributed by atoms with Crippen molar-refractivity contribution in [1.29, 1.82) is 0 Å². The third-order valence-electron chi connectivity index (χ3n) is 4.02. The summed E-state index contributed by atoms with van der Waals surface area (Å²) in [5, 5.41) is 3.57. The molecule has 108 valence electrons. The van der Waals surface area contributed by atoms with E-state index in [0.29, 0.717) is 12.0 Å². The Balaban J connectivity index is 2.75. The third kappa shape index (κ3) is 4.77. The van der Waals surface area contributed by atoms with E-state index in [1.54, 1.807) is 6.07 Å². The van der Waals surface area contributed by atoms with Crippen molar-refractivity contribution in [1.82, 2.24) is 5.32 Å². The number of benzene rings is 1. The van der Waals surface area contributed by atoms with Gasteiger partial charge in [-0.25, -0.2) is 4.39 Å². The lowest BCUT2D eigenvalue weighted by molar-refractivity contribution is 0.225. The van der Waals surface area contributed by atoms with Gasteiger partial charge in [-0.05, 0) is 42.9 Å². The van der Waals surface area contributed by atoms with Gasteiger partial charge in [-0.15, -0.1) is 0 Å². The lowest BCUT2D eigenvalue weighted by Gasteiger charge is -2.31. The SMILES string of the molecule is CNC(Cc1cccc(F)c1Cl)CC(C)C(C)(C)C. The average molecular weight is 286 g/mol. The molecule has 0 aliphatic carbocycles. The maximum atomic E-state index is 13.4. The van der Waals surface area contributed by atoms with Crippen LogP contribution in [-0.2, 0) is 6.42 Å². The van der Waals surface area contributed by atoms with Gasteiger partial charge >= 0.3 is 0 Å². The quantitative estimate of drug-likeness (QED) is 0.828. The van der Waals surface area contributed by atoms with E-state index >= 15 is 0 Å². The summed E-state index contributed by atoms with van der Waals surface area (Å²) in [4.78, 5) is 0. The molecule has 1 N–H and O–H groups in total. The van der Waals surface area contributed by atoms with Crippen LogP contribution in [0, 0.1) is 17.2 Å². The van der Waals surface area contributed by atoms with Crippen LogP contribution in [0.1, 0.15) is 39.7 Å². The number of rotatable bonds is 5. The molecule has 0 saturated carbocycles. The van der Waals surface area contributed by atoms with Crippen molar-refractivity contribution < 1.29 is 4.39 Å². The minimum Gasteiger partial charge on any atom is -0.317 e. The molecule has 0 aromatic heterocycles. The van der Waals surface area contributed by atoms with Gasteiger partial charge in [-0.1, -0.05) is 51.4 Å². The van der Waals surface area contributed by atoms with Crippen LogP contribution in [0.25, 0.3) is 0 Å². The normalized spacial score (nSPS) is 15.3. The number of halogens is 2. The molecule has 19 heavy (non-hydrogen) atoms. The first-order valence-electron chi connectivity index (χ1n) is 6.85. The summed E-state index contributed by atoms with van der Waals surface area (Å²) in [5.41, 5.74) is 1.16. The molecule has 0 amide bonds. The van der Waals surface area contributed by atoms with Crippen LogP contribution >= 0.6 is 11.6 Å². The first-order valence-corrected chi connectivity index (χ1v) is 7.23. The van der Waals surface area contributed by atoms with E-state index in [0.717, 1.165) is 18.4 Å². The lowest BCUT2D eigenvalue weighted by atomic mass is 9.78. The predicted octanol–water partition coefficient (Wildman–Crippen LogP) is 4.68. The van der Waals surface area contributed by atoms with E-state index in [4.69, 9.17) is 11.6 Å². The largest absolute Gasteiger partial charge is 0.317 e. The summed E-state index contributed by atoms with van der Waals surface area (Å²) in [5.74, 6) is 0.246. The summed E-state index contributed by atoms with van der Waals surface area (Å²) >= 11 is 6.02. The van der Waals surface area contributed by atoms with Crippen LogP contribution in [0.15, 0.2) is 18.2 Å². The van der Waals surface area contributed by atoms with Crippen molar-refractivity contribution in [2.75, 3.05) is 7.05 Å². The number of hydrogen-bond donors (Lipinski definition) is 1. The molecule has 0 aliphatic heterocycles. The standard InChI is InChI=1S/C16H25ClFN/c1-11(16(2,3)4)9-13(19-5)10-12-7-6-8-14(18)15(12)17/h6-8,11,13,19H,9-10H2,1-5H3. The molecule has 0 heterocycles. The molecule has 0 fully saturated rings. The lowest BCUT2D eigenvalue weighted by Crippen LogP contribution is -2.33. The molecular formula is C16H25ClFN. The smallest absolute Gasteiger partial charge is 0.142 e. The highest BCUT2D eigenvalue weighted by molar-refractivity contribution is 6.31. The molecule has 2 unspecified atom stereocenters. The van der Waals surface area contributed by atoms with Crippen LogP contribution in [0.4, 0.5) is 4.39 Å². The maximum absolute atomic E-state index is 13.4. The van der Waals surface area contributed by atoms with Crippen molar-refractivity contribution >= 4 is 11.6 Å². The zero-order valence-electron chi connectivity index (χ0n) is 12.6. The molecule has 0 spiro atoms. The minimum absolute atomic E-state index is 0.256. The molecule has 0 aliphatic rings. The second-order valence-corrected chi connectivity index (χ2v) is 6.78. The summed E-state index contributed by atoms with van der Waals surface area (Å²) < 4.78 is 13.4. The molecule has 2 atom stereocenters. The Bertz CT molecular complexity index is 412. The van der Waals surface area contributed by atoms with Crippen LogP contribution in [0.3, 0.4) is 0 Å². The molecule has 0 radical (unpaired) electrons. The fourth-order valence-corrected chi connectivity index (χ4v) is 2.26. The van der Waals surface area contributed by atoms with Gasteiger partial charge in [-0.2, -0.15) is 0 Å². The van der Waals surface area contributed by atoms with Crippen LogP contribution in [0.2, 0.25) is 5.02 Å². The van der Waals surface area contributed by atoms with Crippen molar-refractivity contribution in [3.8, 4) is 0 Å². The average Bonchev–Trinajstić information content (AvgIpc) is 2.32. The fourth-order valence-electron chi connectivity index (χ4n) is 2.06. The fraction of sp³-hybridized carbons (Fsp3) is 0.625. The molecule has 0 saturated heterocycles. The highest BCUT2D eigenvalue weighted by Crippen LogP contribution is 2.30. The zero-order chi connectivity index (χ0) is 14.6. The van der Waals surface area contributed by atoms with E-state index in [2.05, 4.69) is 33.0 Å². The summed E-state index contributed by atoms with van der Waals surface area (Å²) in [6.45, 7) is 9.01. The Hall–Kier alpha value is -0.600. The minimum atomic E-state index is -0.335. The Labute approximate surface area is 121 Å². The Morgan fingerprint density at radius 2 is 1.95 bits per heavy atom. The predicted molar refractivity (Wildman–Crippen MR) is 81.2 cm³/mol. The van der Waals surface area contributed by atoms with E-state index in [1.165, 1.54) is 6.07 Å². The monoisotopic (exact) mass is 285 g/mol. The van der Waals surface area contributed by atoms with E-state index in [-0.39, 0.29) is 16.3 Å². The topological polar surface area (TPSA) is 12.0 Å². The maximum Gasteiger partial charge on any atom is 0.142 e. The van der Waals surface area contributed by atoms with Crippen molar-refractivity contribution in [3.63, 3.8) is 0 Å². The molecule has 1 rings (SSSR count). The van der Waals surface area contributed by atoms with Gasteiger partial charge in [-0.3, -0.25) is 0 Å². The number of likely N-dealkylation sites (N-methyl/N-ethyl adjacent to an activating group) is 1. The van der Waals surface area contributed by atoms with E-state index in [9.17, 15) is 4.39 Å². The van der Waals surface area contributed by atoms with Gasteiger partial charge in [0.25, 0.3) is 0 Å². The van der Waals surface area contributed by atoms with Crippen molar-refractivity contribution in [3.05, 3.63) is 34.6 Å². The number of nitrogens with one attached hydrogen (secondary N) is 1. The molecule has 1 nitrogen and oxygen atoms in total. The number of hydrogen-bond acceptors (Lipinski definition) is 1. The molecule has 3 heteroatoms. The van der Waals surface area contributed by atoms with Crippen LogP contribution in [-0.4, -0.2) is 13.1 Å².